The van der Waals surface area contributed by atoms with Crippen molar-refractivity contribution in [1.82, 2.24) is 9.97 Å². The largest absolute Gasteiger partial charge is 0.383 e. The summed E-state index contributed by atoms with van der Waals surface area (Å²) in [5.74, 6) is 2.43. The number of aromatic nitrogens is 2. The molecule has 0 amide bonds. The van der Waals surface area contributed by atoms with Crippen molar-refractivity contribution in [2.45, 2.75) is 32.6 Å². The third-order valence-corrected chi connectivity index (χ3v) is 4.36. The predicted molar refractivity (Wildman–Crippen MR) is 87.6 cm³/mol. The van der Waals surface area contributed by atoms with E-state index in [4.69, 9.17) is 28.9 Å². The van der Waals surface area contributed by atoms with E-state index < -0.39 is 0 Å². The van der Waals surface area contributed by atoms with E-state index in [0.717, 1.165) is 35.5 Å². The SMILES string of the molecule is Cc1cc(Cl)c(Nc2nc(C3CC3)nc(N)c2C)cc1Cl. The lowest BCUT2D eigenvalue weighted by molar-refractivity contribution is 0.928. The summed E-state index contributed by atoms with van der Waals surface area (Å²) in [4.78, 5) is 8.94. The van der Waals surface area contributed by atoms with Crippen LogP contribution in [-0.2, 0) is 0 Å². The van der Waals surface area contributed by atoms with E-state index in [1.54, 1.807) is 6.07 Å². The van der Waals surface area contributed by atoms with Crippen molar-refractivity contribution >= 4 is 40.5 Å². The van der Waals surface area contributed by atoms with Crippen molar-refractivity contribution in [2.75, 3.05) is 11.1 Å². The van der Waals surface area contributed by atoms with Gasteiger partial charge in [-0.3, -0.25) is 0 Å². The summed E-state index contributed by atoms with van der Waals surface area (Å²) >= 11 is 12.4. The monoisotopic (exact) mass is 322 g/mol. The molecule has 2 aromatic rings. The van der Waals surface area contributed by atoms with Gasteiger partial charge in [-0.05, 0) is 44.4 Å². The van der Waals surface area contributed by atoms with Crippen LogP contribution < -0.4 is 11.1 Å². The van der Waals surface area contributed by atoms with Crippen LogP contribution in [0.3, 0.4) is 0 Å². The smallest absolute Gasteiger partial charge is 0.139 e. The molecule has 1 saturated carbocycles. The zero-order valence-corrected chi connectivity index (χ0v) is 13.4. The average molecular weight is 323 g/mol. The van der Waals surface area contributed by atoms with Crippen molar-refractivity contribution in [3.63, 3.8) is 0 Å². The lowest BCUT2D eigenvalue weighted by atomic mass is 10.2. The zero-order valence-electron chi connectivity index (χ0n) is 11.9. The molecule has 1 fully saturated rings. The molecule has 0 unspecified atom stereocenters. The van der Waals surface area contributed by atoms with E-state index in [1.165, 1.54) is 0 Å². The van der Waals surface area contributed by atoms with Gasteiger partial charge in [0.05, 0.1) is 10.7 Å². The molecule has 1 aromatic carbocycles. The normalized spacial score (nSPS) is 14.3. The fraction of sp³-hybridized carbons (Fsp3) is 0.333. The number of halogens is 2. The van der Waals surface area contributed by atoms with Gasteiger partial charge in [-0.15, -0.1) is 0 Å². The molecule has 1 aliphatic carbocycles. The number of nitrogens with zero attached hydrogens (tertiary/aromatic N) is 2. The molecule has 0 bridgehead atoms. The van der Waals surface area contributed by atoms with E-state index in [1.807, 2.05) is 19.9 Å². The van der Waals surface area contributed by atoms with Crippen LogP contribution in [0.15, 0.2) is 12.1 Å². The highest BCUT2D eigenvalue weighted by molar-refractivity contribution is 6.35. The molecule has 3 N–H and O–H groups in total. The standard InChI is InChI=1S/C15H16Cl2N4/c1-7-5-11(17)12(6-10(7)16)19-14-8(2)13(18)20-15(21-14)9-3-4-9/h5-6,9H,3-4H2,1-2H3,(H3,18,19,20,21). The molecule has 110 valence electrons. The maximum atomic E-state index is 6.26. The van der Waals surface area contributed by atoms with Gasteiger partial charge in [-0.25, -0.2) is 9.97 Å². The molecule has 1 aromatic heterocycles. The third kappa shape index (κ3) is 2.92. The number of anilines is 3. The predicted octanol–water partition coefficient (Wildman–Crippen LogP) is 4.60. The Bertz CT molecular complexity index is 711. The van der Waals surface area contributed by atoms with Crippen LogP contribution in [0.4, 0.5) is 17.3 Å². The van der Waals surface area contributed by atoms with Gasteiger partial charge in [0.2, 0.25) is 0 Å². The van der Waals surface area contributed by atoms with Crippen LogP contribution >= 0.6 is 23.2 Å². The first-order valence-electron chi connectivity index (χ1n) is 6.82. The molecule has 1 heterocycles. The van der Waals surface area contributed by atoms with Gasteiger partial charge in [-0.2, -0.15) is 0 Å². The van der Waals surface area contributed by atoms with Crippen LogP contribution in [0.25, 0.3) is 0 Å². The highest BCUT2D eigenvalue weighted by Gasteiger charge is 2.28. The van der Waals surface area contributed by atoms with Crippen LogP contribution in [0.1, 0.15) is 35.7 Å². The lowest BCUT2D eigenvalue weighted by Gasteiger charge is -2.14. The second-order valence-electron chi connectivity index (χ2n) is 5.42. The summed E-state index contributed by atoms with van der Waals surface area (Å²) < 4.78 is 0. The first kappa shape index (κ1) is 14.4. The van der Waals surface area contributed by atoms with Crippen molar-refractivity contribution in [1.29, 1.82) is 0 Å². The average Bonchev–Trinajstić information content (AvgIpc) is 3.25. The number of hydrogen-bond donors (Lipinski definition) is 2. The van der Waals surface area contributed by atoms with Crippen molar-refractivity contribution in [2.24, 2.45) is 0 Å². The Kier molecular flexibility index (Phi) is 3.68. The highest BCUT2D eigenvalue weighted by Crippen LogP contribution is 2.40. The van der Waals surface area contributed by atoms with Gasteiger partial charge < -0.3 is 11.1 Å². The van der Waals surface area contributed by atoms with Gasteiger partial charge in [0.25, 0.3) is 0 Å². The first-order chi connectivity index (χ1) is 9.95. The number of rotatable bonds is 3. The van der Waals surface area contributed by atoms with E-state index in [-0.39, 0.29) is 0 Å². The van der Waals surface area contributed by atoms with Gasteiger partial charge in [-0.1, -0.05) is 23.2 Å². The molecule has 6 heteroatoms. The van der Waals surface area contributed by atoms with Crippen molar-refractivity contribution in [3.05, 3.63) is 39.1 Å². The van der Waals surface area contributed by atoms with Gasteiger partial charge >= 0.3 is 0 Å². The van der Waals surface area contributed by atoms with Crippen LogP contribution in [-0.4, -0.2) is 9.97 Å². The number of nitrogen functional groups attached to an aromatic ring is 1. The fourth-order valence-corrected chi connectivity index (χ4v) is 2.50. The van der Waals surface area contributed by atoms with Crippen LogP contribution in [0.2, 0.25) is 10.0 Å². The molecular weight excluding hydrogens is 307 g/mol. The minimum absolute atomic E-state index is 0.436. The Morgan fingerprint density at radius 3 is 2.52 bits per heavy atom. The van der Waals surface area contributed by atoms with Crippen molar-refractivity contribution < 1.29 is 0 Å². The van der Waals surface area contributed by atoms with E-state index >= 15 is 0 Å². The summed E-state index contributed by atoms with van der Waals surface area (Å²) in [5, 5.41) is 4.48. The summed E-state index contributed by atoms with van der Waals surface area (Å²) in [7, 11) is 0. The number of aryl methyl sites for hydroxylation is 1. The molecule has 0 radical (unpaired) electrons. The zero-order chi connectivity index (χ0) is 15.1. The molecule has 0 aliphatic heterocycles. The number of benzene rings is 1. The summed E-state index contributed by atoms with van der Waals surface area (Å²) in [5.41, 5.74) is 8.45. The number of nitrogens with two attached hydrogens (primary N) is 1. The Morgan fingerprint density at radius 2 is 1.86 bits per heavy atom. The van der Waals surface area contributed by atoms with Crippen LogP contribution in [0.5, 0.6) is 0 Å². The lowest BCUT2D eigenvalue weighted by Crippen LogP contribution is -2.06. The Hall–Kier alpha value is -1.52. The highest BCUT2D eigenvalue weighted by atomic mass is 35.5. The molecular formula is C15H16Cl2N4. The quantitative estimate of drug-likeness (QED) is 0.866. The molecule has 1 aliphatic rings. The topological polar surface area (TPSA) is 63.8 Å². The number of hydrogen-bond acceptors (Lipinski definition) is 4. The summed E-state index contributed by atoms with van der Waals surface area (Å²) in [6.07, 6.45) is 2.25. The van der Waals surface area contributed by atoms with Crippen molar-refractivity contribution in [3.8, 4) is 0 Å². The maximum Gasteiger partial charge on any atom is 0.139 e. The molecule has 21 heavy (non-hydrogen) atoms. The molecule has 3 rings (SSSR count). The second-order valence-corrected chi connectivity index (χ2v) is 6.24. The Morgan fingerprint density at radius 1 is 1.14 bits per heavy atom. The van der Waals surface area contributed by atoms with Gasteiger partial charge in [0, 0.05) is 16.5 Å². The Labute approximate surface area is 133 Å². The van der Waals surface area contributed by atoms with E-state index in [2.05, 4.69) is 15.3 Å². The molecule has 0 saturated heterocycles. The van der Waals surface area contributed by atoms with E-state index in [0.29, 0.717) is 27.6 Å². The molecule has 0 spiro atoms. The van der Waals surface area contributed by atoms with Gasteiger partial charge in [0.15, 0.2) is 0 Å². The summed E-state index contributed by atoms with van der Waals surface area (Å²) in [6, 6.07) is 3.63. The van der Waals surface area contributed by atoms with Crippen LogP contribution in [0, 0.1) is 13.8 Å². The minimum atomic E-state index is 0.436. The summed E-state index contributed by atoms with van der Waals surface area (Å²) in [6.45, 7) is 3.80. The molecule has 4 nitrogen and oxygen atoms in total. The first-order valence-corrected chi connectivity index (χ1v) is 7.58. The second kappa shape index (κ2) is 5.35. The number of nitrogens with one attached hydrogen (secondary N) is 1. The van der Waals surface area contributed by atoms with Gasteiger partial charge in [0.1, 0.15) is 17.5 Å². The maximum absolute atomic E-state index is 6.26. The Balaban J connectivity index is 1.99. The third-order valence-electron chi connectivity index (χ3n) is 3.64. The molecule has 0 atom stereocenters. The van der Waals surface area contributed by atoms with E-state index in [9.17, 15) is 0 Å². The minimum Gasteiger partial charge on any atom is -0.383 e. The fourth-order valence-electron chi connectivity index (χ4n) is 2.07.